The van der Waals surface area contributed by atoms with Crippen molar-refractivity contribution in [3.05, 3.63) is 23.7 Å². The fraction of sp³-hybridized carbons (Fsp3) is 0.333. The Labute approximate surface area is 75.9 Å². The van der Waals surface area contributed by atoms with Crippen LogP contribution in [0.4, 0.5) is 0 Å². The number of Topliss-reactive ketones (excluding diaryl/α,β-unsaturated/α-hetero) is 1. The molecule has 0 spiro atoms. The summed E-state index contributed by atoms with van der Waals surface area (Å²) in [5, 5.41) is 2.60. The minimum Gasteiger partial charge on any atom is -0.460 e. The van der Waals surface area contributed by atoms with Crippen molar-refractivity contribution in [3.63, 3.8) is 0 Å². The topological polar surface area (TPSA) is 59.3 Å². The fourth-order valence-electron chi connectivity index (χ4n) is 0.903. The summed E-state index contributed by atoms with van der Waals surface area (Å²) in [6.45, 7) is 3.77. The van der Waals surface area contributed by atoms with Crippen LogP contribution in [-0.4, -0.2) is 18.2 Å². The molecule has 0 unspecified atom stereocenters. The van der Waals surface area contributed by atoms with E-state index in [4.69, 9.17) is 4.42 Å². The number of nitrogens with one attached hydrogen (secondary N) is 1. The minimum atomic E-state index is -0.223. The highest BCUT2D eigenvalue weighted by Crippen LogP contribution is 2.07. The van der Waals surface area contributed by atoms with Gasteiger partial charge in [0.25, 0.3) is 5.91 Å². The normalized spacial score (nSPS) is 9.69. The van der Waals surface area contributed by atoms with E-state index in [2.05, 4.69) is 5.32 Å². The first-order chi connectivity index (χ1) is 6.15. The van der Waals surface area contributed by atoms with E-state index in [9.17, 15) is 9.59 Å². The number of ketones is 1. The van der Waals surface area contributed by atoms with Gasteiger partial charge in [0.05, 0.1) is 5.56 Å². The predicted octanol–water partition coefficient (Wildman–Crippen LogP) is 1.23. The van der Waals surface area contributed by atoms with Gasteiger partial charge >= 0.3 is 0 Å². The van der Waals surface area contributed by atoms with E-state index in [1.807, 2.05) is 6.92 Å². The maximum absolute atomic E-state index is 11.2. The first-order valence-electron chi connectivity index (χ1n) is 4.02. The van der Waals surface area contributed by atoms with E-state index in [0.29, 0.717) is 12.1 Å². The summed E-state index contributed by atoms with van der Waals surface area (Å²) < 4.78 is 4.88. The molecule has 4 heteroatoms. The lowest BCUT2D eigenvalue weighted by Crippen LogP contribution is -2.21. The molecule has 0 radical (unpaired) electrons. The van der Waals surface area contributed by atoms with Crippen LogP contribution >= 0.6 is 0 Å². The zero-order valence-corrected chi connectivity index (χ0v) is 7.59. The number of rotatable bonds is 3. The lowest BCUT2D eigenvalue weighted by molar-refractivity contribution is 0.0953. The van der Waals surface area contributed by atoms with Gasteiger partial charge in [-0.1, -0.05) is 0 Å². The van der Waals surface area contributed by atoms with Gasteiger partial charge in [-0.2, -0.15) is 0 Å². The highest BCUT2D eigenvalue weighted by atomic mass is 16.3. The molecule has 0 aliphatic heterocycles. The third kappa shape index (κ3) is 2.18. The van der Waals surface area contributed by atoms with Crippen LogP contribution in [0.3, 0.4) is 0 Å². The van der Waals surface area contributed by atoms with Crippen LogP contribution in [0.25, 0.3) is 0 Å². The molecule has 1 heterocycles. The number of furan rings is 1. The maximum atomic E-state index is 11.2. The van der Waals surface area contributed by atoms with Crippen LogP contribution in [0.5, 0.6) is 0 Å². The molecule has 0 saturated carbocycles. The Morgan fingerprint density at radius 1 is 1.54 bits per heavy atom. The van der Waals surface area contributed by atoms with Crippen LogP contribution in [0, 0.1) is 0 Å². The van der Waals surface area contributed by atoms with E-state index < -0.39 is 0 Å². The lowest BCUT2D eigenvalue weighted by atomic mass is 10.2. The second-order valence-corrected chi connectivity index (χ2v) is 2.62. The second kappa shape index (κ2) is 3.89. The van der Waals surface area contributed by atoms with Gasteiger partial charge in [-0.25, -0.2) is 0 Å². The van der Waals surface area contributed by atoms with Gasteiger partial charge in [0.1, 0.15) is 6.26 Å². The number of hydrogen-bond donors (Lipinski definition) is 1. The summed E-state index contributed by atoms with van der Waals surface area (Å²) in [5.41, 5.74) is 0.382. The van der Waals surface area contributed by atoms with E-state index in [-0.39, 0.29) is 17.5 Å². The third-order valence-corrected chi connectivity index (χ3v) is 1.55. The molecule has 0 bridgehead atoms. The Morgan fingerprint density at radius 3 is 2.69 bits per heavy atom. The van der Waals surface area contributed by atoms with Crippen molar-refractivity contribution in [3.8, 4) is 0 Å². The molecule has 1 amide bonds. The average molecular weight is 181 g/mol. The van der Waals surface area contributed by atoms with Crippen molar-refractivity contribution in [1.29, 1.82) is 0 Å². The van der Waals surface area contributed by atoms with Crippen molar-refractivity contribution in [2.45, 2.75) is 13.8 Å². The van der Waals surface area contributed by atoms with Crippen molar-refractivity contribution < 1.29 is 14.0 Å². The average Bonchev–Trinajstić information content (AvgIpc) is 2.52. The highest BCUT2D eigenvalue weighted by molar-refractivity contribution is 5.98. The van der Waals surface area contributed by atoms with Gasteiger partial charge < -0.3 is 9.73 Å². The zero-order valence-electron chi connectivity index (χ0n) is 7.59. The molecule has 0 fully saturated rings. The Bertz CT molecular complexity index is 327. The van der Waals surface area contributed by atoms with Crippen LogP contribution in [0.2, 0.25) is 0 Å². The number of carbonyl (C=O) groups is 2. The van der Waals surface area contributed by atoms with Crippen molar-refractivity contribution in [1.82, 2.24) is 5.32 Å². The molecular formula is C9H11NO3. The molecule has 0 aromatic carbocycles. The number of carbonyl (C=O) groups excluding carboxylic acids is 2. The molecule has 0 saturated heterocycles. The Morgan fingerprint density at radius 2 is 2.23 bits per heavy atom. The van der Waals surface area contributed by atoms with Gasteiger partial charge in [0, 0.05) is 19.5 Å². The van der Waals surface area contributed by atoms with Crippen LogP contribution in [-0.2, 0) is 0 Å². The molecule has 0 aliphatic carbocycles. The monoisotopic (exact) mass is 181 g/mol. The molecule has 13 heavy (non-hydrogen) atoms. The summed E-state index contributed by atoms with van der Waals surface area (Å²) in [7, 11) is 0. The standard InChI is InChI=1S/C9H11NO3/c1-3-10-9(12)7-4-8(6(2)11)13-5-7/h4-5H,3H2,1-2H3,(H,10,12). The Kier molecular flexibility index (Phi) is 2.84. The molecule has 4 nitrogen and oxygen atoms in total. The summed E-state index contributed by atoms with van der Waals surface area (Å²) in [4.78, 5) is 22.0. The Hall–Kier alpha value is -1.58. The van der Waals surface area contributed by atoms with Gasteiger partial charge in [-0.15, -0.1) is 0 Å². The van der Waals surface area contributed by atoms with Gasteiger partial charge in [0.15, 0.2) is 11.5 Å². The van der Waals surface area contributed by atoms with Crippen molar-refractivity contribution in [2.24, 2.45) is 0 Å². The smallest absolute Gasteiger partial charge is 0.254 e. The molecule has 0 aliphatic rings. The molecule has 1 aromatic heterocycles. The second-order valence-electron chi connectivity index (χ2n) is 2.62. The maximum Gasteiger partial charge on any atom is 0.254 e. The highest BCUT2D eigenvalue weighted by Gasteiger charge is 2.11. The quantitative estimate of drug-likeness (QED) is 0.713. The van der Waals surface area contributed by atoms with Gasteiger partial charge in [-0.3, -0.25) is 9.59 Å². The molecule has 1 N–H and O–H groups in total. The van der Waals surface area contributed by atoms with E-state index in [1.54, 1.807) is 0 Å². The van der Waals surface area contributed by atoms with Crippen LogP contribution in [0.1, 0.15) is 34.8 Å². The molecule has 70 valence electrons. The van der Waals surface area contributed by atoms with Crippen molar-refractivity contribution >= 4 is 11.7 Å². The first-order valence-corrected chi connectivity index (χ1v) is 4.02. The number of hydrogen-bond acceptors (Lipinski definition) is 3. The van der Waals surface area contributed by atoms with Gasteiger partial charge in [0.2, 0.25) is 0 Å². The first kappa shape index (κ1) is 9.51. The van der Waals surface area contributed by atoms with E-state index >= 15 is 0 Å². The van der Waals surface area contributed by atoms with Crippen LogP contribution < -0.4 is 5.32 Å². The lowest BCUT2D eigenvalue weighted by Gasteiger charge is -1.95. The summed E-state index contributed by atoms with van der Waals surface area (Å²) >= 11 is 0. The molecule has 1 rings (SSSR count). The van der Waals surface area contributed by atoms with E-state index in [1.165, 1.54) is 19.3 Å². The molecule has 0 atom stereocenters. The van der Waals surface area contributed by atoms with Crippen molar-refractivity contribution in [2.75, 3.05) is 6.54 Å². The zero-order chi connectivity index (χ0) is 9.84. The molecule has 1 aromatic rings. The summed E-state index contributed by atoms with van der Waals surface area (Å²) in [5.74, 6) is -0.199. The van der Waals surface area contributed by atoms with Gasteiger partial charge in [-0.05, 0) is 6.92 Å². The Balaban J connectivity index is 2.79. The fourth-order valence-corrected chi connectivity index (χ4v) is 0.903. The van der Waals surface area contributed by atoms with E-state index in [0.717, 1.165) is 0 Å². The predicted molar refractivity (Wildman–Crippen MR) is 46.7 cm³/mol. The SMILES string of the molecule is CCNC(=O)c1coc(C(C)=O)c1. The largest absolute Gasteiger partial charge is 0.460 e. The summed E-state index contributed by atoms with van der Waals surface area (Å²) in [6, 6.07) is 1.44. The minimum absolute atomic E-state index is 0.185. The molecular weight excluding hydrogens is 170 g/mol. The summed E-state index contributed by atoms with van der Waals surface area (Å²) in [6.07, 6.45) is 1.28. The third-order valence-electron chi connectivity index (χ3n) is 1.55. The van der Waals surface area contributed by atoms with Crippen LogP contribution in [0.15, 0.2) is 16.7 Å². The number of amides is 1.